The Morgan fingerprint density at radius 1 is 1.62 bits per heavy atom. The number of rotatable bonds is 4. The Morgan fingerprint density at radius 2 is 2.25 bits per heavy atom. The van der Waals surface area contributed by atoms with Crippen molar-refractivity contribution in [2.75, 3.05) is 6.54 Å². The first-order valence-corrected chi connectivity index (χ1v) is 4.23. The molecule has 0 aliphatic rings. The normalized spacial score (nSPS) is 10.5. The Labute approximate surface area is 88.9 Å². The summed E-state index contributed by atoms with van der Waals surface area (Å²) in [7, 11) is 1.39. The van der Waals surface area contributed by atoms with Crippen LogP contribution in [0.1, 0.15) is 22.5 Å². The number of carboxylic acid groups (broad SMARTS) is 1. The monoisotopic (exact) mass is 233 g/mol. The molecule has 0 spiro atoms. The van der Waals surface area contributed by atoms with Gasteiger partial charge in [0.25, 0.3) is 12.3 Å². The highest BCUT2D eigenvalue weighted by Crippen LogP contribution is 2.20. The van der Waals surface area contributed by atoms with Crippen LogP contribution in [0.2, 0.25) is 0 Å². The lowest BCUT2D eigenvalue weighted by molar-refractivity contribution is -0.135. The summed E-state index contributed by atoms with van der Waals surface area (Å²) in [4.78, 5) is 21.5. The van der Waals surface area contributed by atoms with Crippen LogP contribution in [0.5, 0.6) is 0 Å². The zero-order valence-corrected chi connectivity index (χ0v) is 8.28. The number of nitrogens with zero attached hydrogens (tertiary/aromatic N) is 2. The number of aliphatic carboxylic acids is 1. The van der Waals surface area contributed by atoms with Gasteiger partial charge in [-0.1, -0.05) is 0 Å². The summed E-state index contributed by atoms with van der Waals surface area (Å²) in [5, 5.41) is 13.7. The summed E-state index contributed by atoms with van der Waals surface area (Å²) in [6, 6.07) is 0. The lowest BCUT2D eigenvalue weighted by Crippen LogP contribution is -2.29. The van der Waals surface area contributed by atoms with Gasteiger partial charge in [0.1, 0.15) is 12.2 Å². The number of nitrogens with one attached hydrogen (secondary N) is 1. The number of amides is 1. The fraction of sp³-hybridized carbons (Fsp3) is 0.375. The van der Waals surface area contributed by atoms with E-state index in [1.807, 2.05) is 5.32 Å². The van der Waals surface area contributed by atoms with Crippen molar-refractivity contribution in [3.8, 4) is 0 Å². The largest absolute Gasteiger partial charge is 0.480 e. The van der Waals surface area contributed by atoms with Crippen LogP contribution in [0.15, 0.2) is 6.20 Å². The minimum Gasteiger partial charge on any atom is -0.480 e. The molecule has 0 aliphatic heterocycles. The first-order chi connectivity index (χ1) is 7.41. The minimum absolute atomic E-state index is 0.321. The number of carbonyl (C=O) groups excluding carboxylic acids is 1. The highest BCUT2D eigenvalue weighted by Gasteiger charge is 2.22. The lowest BCUT2D eigenvalue weighted by Gasteiger charge is -2.01. The highest BCUT2D eigenvalue weighted by molar-refractivity contribution is 5.96. The van der Waals surface area contributed by atoms with Gasteiger partial charge in [0.2, 0.25) is 0 Å². The molecule has 2 N–H and O–H groups in total. The van der Waals surface area contributed by atoms with E-state index in [4.69, 9.17) is 5.11 Å². The Bertz CT molecular complexity index is 417. The van der Waals surface area contributed by atoms with E-state index in [0.29, 0.717) is 0 Å². The van der Waals surface area contributed by atoms with Gasteiger partial charge >= 0.3 is 5.97 Å². The van der Waals surface area contributed by atoms with Crippen LogP contribution >= 0.6 is 0 Å². The Hall–Kier alpha value is -1.99. The van der Waals surface area contributed by atoms with Gasteiger partial charge in [0.05, 0.1) is 5.56 Å². The average Bonchev–Trinajstić information content (AvgIpc) is 2.56. The van der Waals surface area contributed by atoms with Crippen LogP contribution in [-0.4, -0.2) is 33.3 Å². The fourth-order valence-electron chi connectivity index (χ4n) is 1.09. The number of carbonyl (C=O) groups is 2. The van der Waals surface area contributed by atoms with Gasteiger partial charge in [0.15, 0.2) is 0 Å². The molecule has 0 fully saturated rings. The van der Waals surface area contributed by atoms with Crippen LogP contribution in [0.25, 0.3) is 0 Å². The molecule has 0 aliphatic carbocycles. The van der Waals surface area contributed by atoms with E-state index in [1.54, 1.807) is 0 Å². The number of alkyl halides is 2. The molecule has 0 saturated heterocycles. The number of halogens is 2. The van der Waals surface area contributed by atoms with Crippen molar-refractivity contribution in [3.63, 3.8) is 0 Å². The summed E-state index contributed by atoms with van der Waals surface area (Å²) >= 11 is 0. The Kier molecular flexibility index (Phi) is 3.54. The molecular formula is C8H9F2N3O3. The lowest BCUT2D eigenvalue weighted by atomic mass is 10.2. The molecule has 1 aromatic heterocycles. The van der Waals surface area contributed by atoms with Crippen molar-refractivity contribution in [1.29, 1.82) is 0 Å². The predicted octanol–water partition coefficient (Wildman–Crippen LogP) is 0.172. The molecule has 0 saturated carbocycles. The van der Waals surface area contributed by atoms with E-state index in [9.17, 15) is 18.4 Å². The second-order valence-electron chi connectivity index (χ2n) is 2.98. The SMILES string of the molecule is Cn1cc(C(=O)NCC(=O)O)c(C(F)F)n1. The molecule has 0 unspecified atom stereocenters. The second-order valence-corrected chi connectivity index (χ2v) is 2.98. The molecule has 6 nitrogen and oxygen atoms in total. The van der Waals surface area contributed by atoms with Crippen molar-refractivity contribution in [2.45, 2.75) is 6.43 Å². The number of carboxylic acids is 1. The molecule has 1 aromatic rings. The summed E-state index contributed by atoms with van der Waals surface area (Å²) in [5.74, 6) is -2.14. The molecule has 88 valence electrons. The van der Waals surface area contributed by atoms with Crippen LogP contribution in [-0.2, 0) is 11.8 Å². The Balaban J connectivity index is 2.86. The van der Waals surface area contributed by atoms with E-state index in [1.165, 1.54) is 7.05 Å². The number of hydrogen-bond acceptors (Lipinski definition) is 3. The van der Waals surface area contributed by atoms with Gasteiger partial charge in [-0.25, -0.2) is 8.78 Å². The van der Waals surface area contributed by atoms with Crippen molar-refractivity contribution < 1.29 is 23.5 Å². The molecule has 1 rings (SSSR count). The average molecular weight is 233 g/mol. The molecule has 8 heteroatoms. The zero-order chi connectivity index (χ0) is 12.3. The molecule has 16 heavy (non-hydrogen) atoms. The van der Waals surface area contributed by atoms with Gasteiger partial charge in [-0.15, -0.1) is 0 Å². The van der Waals surface area contributed by atoms with Crippen molar-refractivity contribution in [1.82, 2.24) is 15.1 Å². The van der Waals surface area contributed by atoms with Crippen LogP contribution < -0.4 is 5.32 Å². The molecular weight excluding hydrogens is 224 g/mol. The number of aryl methyl sites for hydroxylation is 1. The predicted molar refractivity (Wildman–Crippen MR) is 48.1 cm³/mol. The Morgan fingerprint density at radius 3 is 2.75 bits per heavy atom. The first kappa shape index (κ1) is 12.1. The highest BCUT2D eigenvalue weighted by atomic mass is 19.3. The van der Waals surface area contributed by atoms with Gasteiger partial charge in [-0.05, 0) is 0 Å². The summed E-state index contributed by atoms with van der Waals surface area (Å²) in [6.45, 7) is -0.629. The van der Waals surface area contributed by atoms with Gasteiger partial charge < -0.3 is 10.4 Å². The third-order valence-corrected chi connectivity index (χ3v) is 1.71. The standard InChI is InChI=1S/C8H9F2N3O3/c1-13-3-4(6(12-13)7(9)10)8(16)11-2-5(14)15/h3,7H,2H2,1H3,(H,11,16)(H,14,15). The maximum atomic E-state index is 12.4. The number of aromatic nitrogens is 2. The maximum absolute atomic E-state index is 12.4. The molecule has 0 radical (unpaired) electrons. The minimum atomic E-state index is -2.88. The van der Waals surface area contributed by atoms with Gasteiger partial charge in [0, 0.05) is 13.2 Å². The van der Waals surface area contributed by atoms with Crippen molar-refractivity contribution >= 4 is 11.9 Å². The summed E-state index contributed by atoms with van der Waals surface area (Å²) in [6.07, 6.45) is -1.77. The first-order valence-electron chi connectivity index (χ1n) is 4.23. The smallest absolute Gasteiger partial charge is 0.322 e. The topological polar surface area (TPSA) is 84.2 Å². The molecule has 1 heterocycles. The quantitative estimate of drug-likeness (QED) is 0.776. The third-order valence-electron chi connectivity index (χ3n) is 1.71. The van der Waals surface area contributed by atoms with Crippen LogP contribution in [0, 0.1) is 0 Å². The molecule has 0 atom stereocenters. The van der Waals surface area contributed by atoms with E-state index in [0.717, 1.165) is 10.9 Å². The second kappa shape index (κ2) is 4.69. The van der Waals surface area contributed by atoms with Crippen LogP contribution in [0.4, 0.5) is 8.78 Å². The van der Waals surface area contributed by atoms with E-state index < -0.39 is 30.5 Å². The van der Waals surface area contributed by atoms with Gasteiger partial charge in [-0.3, -0.25) is 14.3 Å². The van der Waals surface area contributed by atoms with Crippen LogP contribution in [0.3, 0.4) is 0 Å². The molecule has 0 bridgehead atoms. The maximum Gasteiger partial charge on any atom is 0.322 e. The molecule has 0 aromatic carbocycles. The summed E-state index contributed by atoms with van der Waals surface area (Å²) < 4.78 is 25.9. The van der Waals surface area contributed by atoms with Gasteiger partial charge in [-0.2, -0.15) is 5.10 Å². The number of hydrogen-bond donors (Lipinski definition) is 2. The van der Waals surface area contributed by atoms with Crippen molar-refractivity contribution in [3.05, 3.63) is 17.5 Å². The third kappa shape index (κ3) is 2.75. The van der Waals surface area contributed by atoms with E-state index in [2.05, 4.69) is 5.10 Å². The van der Waals surface area contributed by atoms with Crippen molar-refractivity contribution in [2.24, 2.45) is 7.05 Å². The zero-order valence-electron chi connectivity index (χ0n) is 8.28. The molecule has 1 amide bonds. The van der Waals surface area contributed by atoms with E-state index in [-0.39, 0.29) is 5.56 Å². The summed E-state index contributed by atoms with van der Waals surface area (Å²) in [5.41, 5.74) is -0.982. The van der Waals surface area contributed by atoms with E-state index >= 15 is 0 Å². The fourth-order valence-corrected chi connectivity index (χ4v) is 1.09.